The van der Waals surface area contributed by atoms with Crippen molar-refractivity contribution < 1.29 is 0 Å². The van der Waals surface area contributed by atoms with E-state index in [2.05, 4.69) is 44.4 Å². The Morgan fingerprint density at radius 1 is 1.16 bits per heavy atom. The van der Waals surface area contributed by atoms with Gasteiger partial charge in [-0.05, 0) is 37.5 Å². The lowest BCUT2D eigenvalue weighted by molar-refractivity contribution is 0.0232. The fourth-order valence-electron chi connectivity index (χ4n) is 4.28. The Labute approximate surface area is 123 Å². The zero-order valence-corrected chi connectivity index (χ0v) is 14.1. The first-order valence-electron chi connectivity index (χ1n) is 7.96. The molecule has 2 atom stereocenters. The second kappa shape index (κ2) is 5.95. The lowest BCUT2D eigenvalue weighted by Gasteiger charge is -2.49. The van der Waals surface area contributed by atoms with Gasteiger partial charge in [0.05, 0.1) is 0 Å². The van der Waals surface area contributed by atoms with Crippen LogP contribution in [0.1, 0.15) is 53.4 Å². The van der Waals surface area contributed by atoms with E-state index in [1.54, 1.807) is 0 Å². The van der Waals surface area contributed by atoms with Crippen LogP contribution in [0.3, 0.4) is 0 Å². The molecule has 0 bridgehead atoms. The summed E-state index contributed by atoms with van der Waals surface area (Å²) in [5.41, 5.74) is 6.55. The molecule has 1 saturated carbocycles. The van der Waals surface area contributed by atoms with Crippen LogP contribution in [0.25, 0.3) is 0 Å². The van der Waals surface area contributed by atoms with Gasteiger partial charge in [0, 0.05) is 35.7 Å². The highest BCUT2D eigenvalue weighted by Gasteiger charge is 2.42. The van der Waals surface area contributed by atoms with Crippen LogP contribution in [0, 0.1) is 11.8 Å². The third-order valence-corrected chi connectivity index (χ3v) is 6.52. The number of nitrogens with zero attached hydrogens (tertiary/aromatic N) is 1. The molecule has 2 rings (SSSR count). The largest absolute Gasteiger partial charge is 0.329 e. The average Bonchev–Trinajstić information content (AvgIpc) is 2.49. The van der Waals surface area contributed by atoms with E-state index in [9.17, 15) is 0 Å². The smallest absolute Gasteiger partial charge is 0.0337 e. The van der Waals surface area contributed by atoms with E-state index < -0.39 is 0 Å². The van der Waals surface area contributed by atoms with E-state index in [0.717, 1.165) is 18.4 Å². The van der Waals surface area contributed by atoms with Crippen LogP contribution >= 0.6 is 11.8 Å². The molecule has 1 aliphatic heterocycles. The molecule has 2 N–H and O–H groups in total. The van der Waals surface area contributed by atoms with Crippen molar-refractivity contribution in [1.82, 2.24) is 4.90 Å². The predicted molar refractivity (Wildman–Crippen MR) is 86.7 cm³/mol. The highest BCUT2D eigenvalue weighted by atomic mass is 32.2. The van der Waals surface area contributed by atoms with Gasteiger partial charge >= 0.3 is 0 Å². The average molecular weight is 285 g/mol. The maximum Gasteiger partial charge on any atom is 0.0337 e. The SMILES string of the molecule is CC1CC(C)CC(CN)(N2CCSC(C)(C)CC2)C1. The molecule has 0 spiro atoms. The summed E-state index contributed by atoms with van der Waals surface area (Å²) >= 11 is 2.14. The molecule has 2 fully saturated rings. The van der Waals surface area contributed by atoms with E-state index in [-0.39, 0.29) is 5.54 Å². The van der Waals surface area contributed by atoms with Crippen LogP contribution in [0.15, 0.2) is 0 Å². The van der Waals surface area contributed by atoms with E-state index in [1.165, 1.54) is 44.5 Å². The van der Waals surface area contributed by atoms with Gasteiger partial charge in [-0.25, -0.2) is 0 Å². The maximum absolute atomic E-state index is 6.26. The molecule has 2 aliphatic rings. The van der Waals surface area contributed by atoms with Crippen molar-refractivity contribution >= 4 is 11.8 Å². The third-order valence-electron chi connectivity index (χ3n) is 5.15. The van der Waals surface area contributed by atoms with Gasteiger partial charge in [-0.3, -0.25) is 4.90 Å². The van der Waals surface area contributed by atoms with Gasteiger partial charge in [0.1, 0.15) is 0 Å². The van der Waals surface area contributed by atoms with Crippen molar-refractivity contribution in [3.8, 4) is 0 Å². The lowest BCUT2D eigenvalue weighted by Crippen LogP contribution is -2.58. The van der Waals surface area contributed by atoms with Crippen LogP contribution in [-0.2, 0) is 0 Å². The third kappa shape index (κ3) is 3.68. The summed E-state index contributed by atoms with van der Waals surface area (Å²) in [6.45, 7) is 12.9. The number of hydrogen-bond acceptors (Lipinski definition) is 3. The minimum absolute atomic E-state index is 0.290. The van der Waals surface area contributed by atoms with Crippen LogP contribution in [0.2, 0.25) is 0 Å². The highest BCUT2D eigenvalue weighted by Crippen LogP contribution is 2.41. The lowest BCUT2D eigenvalue weighted by atomic mass is 9.70. The van der Waals surface area contributed by atoms with E-state index in [4.69, 9.17) is 5.73 Å². The molecule has 112 valence electrons. The van der Waals surface area contributed by atoms with Crippen LogP contribution < -0.4 is 5.73 Å². The minimum atomic E-state index is 0.290. The van der Waals surface area contributed by atoms with Gasteiger partial charge in [-0.15, -0.1) is 0 Å². The molecule has 0 aromatic rings. The summed E-state index contributed by atoms with van der Waals surface area (Å²) in [7, 11) is 0. The van der Waals surface area contributed by atoms with Gasteiger partial charge in [0.25, 0.3) is 0 Å². The van der Waals surface area contributed by atoms with Crippen LogP contribution in [0.5, 0.6) is 0 Å². The van der Waals surface area contributed by atoms with E-state index in [1.807, 2.05) is 0 Å². The second-order valence-corrected chi connectivity index (χ2v) is 9.43. The van der Waals surface area contributed by atoms with Gasteiger partial charge in [-0.2, -0.15) is 11.8 Å². The molecule has 1 heterocycles. The Bertz CT molecular complexity index is 293. The van der Waals surface area contributed by atoms with Crippen molar-refractivity contribution in [3.05, 3.63) is 0 Å². The molecule has 2 unspecified atom stereocenters. The molecular weight excluding hydrogens is 252 g/mol. The van der Waals surface area contributed by atoms with Crippen molar-refractivity contribution in [2.24, 2.45) is 17.6 Å². The first-order chi connectivity index (χ1) is 8.87. The first kappa shape index (κ1) is 15.7. The quantitative estimate of drug-likeness (QED) is 0.843. The van der Waals surface area contributed by atoms with E-state index >= 15 is 0 Å². The van der Waals surface area contributed by atoms with Crippen LogP contribution in [0.4, 0.5) is 0 Å². The molecule has 19 heavy (non-hydrogen) atoms. The van der Waals surface area contributed by atoms with Gasteiger partial charge in [0.15, 0.2) is 0 Å². The number of thioether (sulfide) groups is 1. The summed E-state index contributed by atoms with van der Waals surface area (Å²) in [6.07, 6.45) is 5.29. The van der Waals surface area contributed by atoms with Crippen molar-refractivity contribution in [3.63, 3.8) is 0 Å². The summed E-state index contributed by atoms with van der Waals surface area (Å²) < 4.78 is 0.441. The highest BCUT2D eigenvalue weighted by molar-refractivity contribution is 8.00. The summed E-state index contributed by atoms with van der Waals surface area (Å²) in [5, 5.41) is 0. The topological polar surface area (TPSA) is 29.3 Å². The molecule has 0 amide bonds. The molecule has 1 saturated heterocycles. The number of rotatable bonds is 2. The van der Waals surface area contributed by atoms with Gasteiger partial charge < -0.3 is 5.73 Å². The molecule has 0 aromatic carbocycles. The molecule has 3 heteroatoms. The Kier molecular flexibility index (Phi) is 4.90. The monoisotopic (exact) mass is 284 g/mol. The number of nitrogens with two attached hydrogens (primary N) is 1. The second-order valence-electron chi connectivity index (χ2n) is 7.63. The summed E-state index contributed by atoms with van der Waals surface area (Å²) in [5.74, 6) is 2.92. The summed E-state index contributed by atoms with van der Waals surface area (Å²) in [4.78, 5) is 2.75. The van der Waals surface area contributed by atoms with Crippen molar-refractivity contribution in [1.29, 1.82) is 0 Å². The fourth-order valence-corrected chi connectivity index (χ4v) is 5.38. The Balaban J connectivity index is 2.12. The van der Waals surface area contributed by atoms with Crippen molar-refractivity contribution in [2.75, 3.05) is 25.4 Å². The standard InChI is InChI=1S/C16H32N2S/c1-13-9-14(2)11-16(10-13,12-17)18-6-5-15(3,4)19-8-7-18/h13-14H,5-12,17H2,1-4H3. The molecule has 2 nitrogen and oxygen atoms in total. The maximum atomic E-state index is 6.26. The van der Waals surface area contributed by atoms with Gasteiger partial charge in [0.2, 0.25) is 0 Å². The zero-order chi connectivity index (χ0) is 14.1. The Morgan fingerprint density at radius 2 is 1.79 bits per heavy atom. The molecule has 0 aromatic heterocycles. The normalized spacial score (nSPS) is 40.9. The summed E-state index contributed by atoms with van der Waals surface area (Å²) in [6, 6.07) is 0. The Hall–Kier alpha value is 0.270. The Morgan fingerprint density at radius 3 is 2.37 bits per heavy atom. The predicted octanol–water partition coefficient (Wildman–Crippen LogP) is 3.36. The number of hydrogen-bond donors (Lipinski definition) is 1. The first-order valence-corrected chi connectivity index (χ1v) is 8.94. The van der Waals surface area contributed by atoms with Crippen LogP contribution in [-0.4, -0.2) is 40.6 Å². The molecular formula is C16H32N2S. The zero-order valence-electron chi connectivity index (χ0n) is 13.2. The minimum Gasteiger partial charge on any atom is -0.329 e. The van der Waals surface area contributed by atoms with Gasteiger partial charge in [-0.1, -0.05) is 27.7 Å². The fraction of sp³-hybridized carbons (Fsp3) is 1.00. The van der Waals surface area contributed by atoms with Crippen molar-refractivity contribution in [2.45, 2.75) is 63.7 Å². The molecule has 1 aliphatic carbocycles. The van der Waals surface area contributed by atoms with E-state index in [0.29, 0.717) is 4.75 Å². The molecule has 0 radical (unpaired) electrons.